The zero-order chi connectivity index (χ0) is 12.7. The van der Waals surface area contributed by atoms with Gasteiger partial charge in [-0.3, -0.25) is 0 Å². The molecule has 0 aliphatic heterocycles. The van der Waals surface area contributed by atoms with Gasteiger partial charge in [-0.25, -0.2) is 0 Å². The number of likely N-dealkylation sites (N-methyl/N-ethyl adjacent to an activating group) is 1. The smallest absolute Gasteiger partial charge is 0.0837 e. The number of hydrogen-bond acceptors (Lipinski definition) is 2. The fourth-order valence-corrected chi connectivity index (χ4v) is 3.03. The highest BCUT2D eigenvalue weighted by atomic mass is 16.5. The van der Waals surface area contributed by atoms with E-state index in [1.54, 1.807) is 0 Å². The molecule has 1 saturated carbocycles. The maximum atomic E-state index is 6.18. The van der Waals surface area contributed by atoms with E-state index in [0.717, 1.165) is 25.5 Å². The molecule has 1 atom stereocenters. The standard InChI is InChI=1S/C15H29NO/c1-5-8-14(16-6-2)15(17-7-3)11-9-13(4)10-12-15/h5,13-14,16H,1,6-12H2,2-4H3. The lowest BCUT2D eigenvalue weighted by Crippen LogP contribution is -2.54. The van der Waals surface area contributed by atoms with Gasteiger partial charge in [0.05, 0.1) is 5.60 Å². The number of rotatable bonds is 7. The Bertz CT molecular complexity index is 219. The molecular formula is C15H29NO. The van der Waals surface area contributed by atoms with Crippen molar-refractivity contribution in [3.8, 4) is 0 Å². The fourth-order valence-electron chi connectivity index (χ4n) is 3.03. The SMILES string of the molecule is C=CCC(NCC)C1(OCC)CCC(C)CC1. The summed E-state index contributed by atoms with van der Waals surface area (Å²) in [5.74, 6) is 0.856. The molecule has 1 aliphatic carbocycles. The summed E-state index contributed by atoms with van der Waals surface area (Å²) >= 11 is 0. The first-order chi connectivity index (χ1) is 8.18. The molecule has 1 rings (SSSR count). The molecule has 1 N–H and O–H groups in total. The van der Waals surface area contributed by atoms with Gasteiger partial charge in [0.2, 0.25) is 0 Å². The molecule has 1 aliphatic rings. The van der Waals surface area contributed by atoms with E-state index in [1.807, 2.05) is 6.08 Å². The highest BCUT2D eigenvalue weighted by Crippen LogP contribution is 2.38. The summed E-state index contributed by atoms with van der Waals surface area (Å²) in [6, 6.07) is 0.428. The molecule has 0 amide bonds. The summed E-state index contributed by atoms with van der Waals surface area (Å²) in [6.07, 6.45) is 7.98. The minimum Gasteiger partial charge on any atom is -0.374 e. The Labute approximate surface area is 107 Å². The third kappa shape index (κ3) is 3.82. The molecule has 2 heteroatoms. The highest BCUT2D eigenvalue weighted by Gasteiger charge is 2.40. The van der Waals surface area contributed by atoms with E-state index < -0.39 is 0 Å². The molecule has 0 saturated heterocycles. The van der Waals surface area contributed by atoms with Crippen molar-refractivity contribution in [3.63, 3.8) is 0 Å². The monoisotopic (exact) mass is 239 g/mol. The van der Waals surface area contributed by atoms with Crippen LogP contribution in [-0.4, -0.2) is 24.8 Å². The molecule has 0 aromatic carbocycles. The van der Waals surface area contributed by atoms with E-state index in [1.165, 1.54) is 25.7 Å². The molecule has 17 heavy (non-hydrogen) atoms. The van der Waals surface area contributed by atoms with Crippen LogP contribution in [0.3, 0.4) is 0 Å². The van der Waals surface area contributed by atoms with Crippen LogP contribution in [0.15, 0.2) is 12.7 Å². The van der Waals surface area contributed by atoms with Gasteiger partial charge < -0.3 is 10.1 Å². The van der Waals surface area contributed by atoms with E-state index in [4.69, 9.17) is 4.74 Å². The molecule has 2 nitrogen and oxygen atoms in total. The van der Waals surface area contributed by atoms with Gasteiger partial charge in [-0.05, 0) is 51.5 Å². The van der Waals surface area contributed by atoms with Gasteiger partial charge in [0.1, 0.15) is 0 Å². The maximum Gasteiger partial charge on any atom is 0.0837 e. The quantitative estimate of drug-likeness (QED) is 0.686. The van der Waals surface area contributed by atoms with Crippen molar-refractivity contribution in [3.05, 3.63) is 12.7 Å². The lowest BCUT2D eigenvalue weighted by Gasteiger charge is -2.45. The molecule has 1 fully saturated rings. The van der Waals surface area contributed by atoms with Crippen molar-refractivity contribution in [1.82, 2.24) is 5.32 Å². The number of ether oxygens (including phenoxy) is 1. The summed E-state index contributed by atoms with van der Waals surface area (Å²) < 4.78 is 6.18. The molecule has 0 spiro atoms. The van der Waals surface area contributed by atoms with E-state index in [-0.39, 0.29) is 5.60 Å². The second-order valence-electron chi connectivity index (χ2n) is 5.31. The van der Waals surface area contributed by atoms with Crippen LogP contribution in [0.4, 0.5) is 0 Å². The third-order valence-electron chi connectivity index (χ3n) is 4.04. The van der Waals surface area contributed by atoms with E-state index >= 15 is 0 Å². The van der Waals surface area contributed by atoms with E-state index in [0.29, 0.717) is 6.04 Å². The largest absolute Gasteiger partial charge is 0.374 e. The highest BCUT2D eigenvalue weighted by molar-refractivity contribution is 4.99. The minimum atomic E-state index is 0.0471. The van der Waals surface area contributed by atoms with Crippen molar-refractivity contribution in [1.29, 1.82) is 0 Å². The topological polar surface area (TPSA) is 21.3 Å². The van der Waals surface area contributed by atoms with Gasteiger partial charge >= 0.3 is 0 Å². The lowest BCUT2D eigenvalue weighted by atomic mass is 9.74. The van der Waals surface area contributed by atoms with Gasteiger partial charge in [0, 0.05) is 12.6 Å². The second-order valence-corrected chi connectivity index (χ2v) is 5.31. The van der Waals surface area contributed by atoms with Crippen LogP contribution in [0, 0.1) is 5.92 Å². The van der Waals surface area contributed by atoms with Crippen molar-refractivity contribution >= 4 is 0 Å². The van der Waals surface area contributed by atoms with Crippen LogP contribution < -0.4 is 5.32 Å². The van der Waals surface area contributed by atoms with Crippen LogP contribution in [0.2, 0.25) is 0 Å². The van der Waals surface area contributed by atoms with E-state index in [2.05, 4.69) is 32.7 Å². The Kier molecular flexibility index (Phi) is 6.21. The second kappa shape index (κ2) is 7.17. The molecular weight excluding hydrogens is 210 g/mol. The Balaban J connectivity index is 2.75. The van der Waals surface area contributed by atoms with Crippen molar-refractivity contribution in [2.24, 2.45) is 5.92 Å². The predicted octanol–water partition coefficient (Wildman–Crippen LogP) is 3.53. The molecule has 1 unspecified atom stereocenters. The van der Waals surface area contributed by atoms with Crippen LogP contribution in [0.5, 0.6) is 0 Å². The van der Waals surface area contributed by atoms with Crippen molar-refractivity contribution in [2.75, 3.05) is 13.2 Å². The summed E-state index contributed by atoms with van der Waals surface area (Å²) in [5, 5.41) is 3.60. The third-order valence-corrected chi connectivity index (χ3v) is 4.04. The van der Waals surface area contributed by atoms with Crippen LogP contribution in [-0.2, 0) is 4.74 Å². The van der Waals surface area contributed by atoms with Gasteiger partial charge in [-0.1, -0.05) is 19.9 Å². The predicted molar refractivity (Wildman–Crippen MR) is 74.3 cm³/mol. The Morgan fingerprint density at radius 3 is 2.53 bits per heavy atom. The first kappa shape index (κ1) is 14.7. The zero-order valence-electron chi connectivity index (χ0n) is 11.8. The molecule has 0 radical (unpaired) electrons. The molecule has 0 bridgehead atoms. The first-order valence-electron chi connectivity index (χ1n) is 7.16. The Hall–Kier alpha value is -0.340. The first-order valence-corrected chi connectivity index (χ1v) is 7.16. The van der Waals surface area contributed by atoms with Gasteiger partial charge in [0.25, 0.3) is 0 Å². The van der Waals surface area contributed by atoms with Crippen LogP contribution in [0.25, 0.3) is 0 Å². The minimum absolute atomic E-state index is 0.0471. The average Bonchev–Trinajstić information content (AvgIpc) is 2.32. The fraction of sp³-hybridized carbons (Fsp3) is 0.867. The van der Waals surface area contributed by atoms with Gasteiger partial charge in [0.15, 0.2) is 0 Å². The summed E-state index contributed by atoms with van der Waals surface area (Å²) in [7, 11) is 0. The summed E-state index contributed by atoms with van der Waals surface area (Å²) in [4.78, 5) is 0. The molecule has 0 heterocycles. The molecule has 0 aromatic heterocycles. The van der Waals surface area contributed by atoms with Gasteiger partial charge in [-0.2, -0.15) is 0 Å². The van der Waals surface area contributed by atoms with E-state index in [9.17, 15) is 0 Å². The van der Waals surface area contributed by atoms with Crippen molar-refractivity contribution in [2.45, 2.75) is 64.5 Å². The average molecular weight is 239 g/mol. The number of nitrogens with one attached hydrogen (secondary N) is 1. The lowest BCUT2D eigenvalue weighted by molar-refractivity contribution is -0.0952. The number of hydrogen-bond donors (Lipinski definition) is 1. The van der Waals surface area contributed by atoms with Crippen molar-refractivity contribution < 1.29 is 4.74 Å². The summed E-state index contributed by atoms with van der Waals surface area (Å²) in [5.41, 5.74) is 0.0471. The Morgan fingerprint density at radius 2 is 2.06 bits per heavy atom. The summed E-state index contributed by atoms with van der Waals surface area (Å²) in [6.45, 7) is 12.3. The Morgan fingerprint density at radius 1 is 1.41 bits per heavy atom. The molecule has 100 valence electrons. The van der Waals surface area contributed by atoms with Crippen LogP contribution >= 0.6 is 0 Å². The zero-order valence-corrected chi connectivity index (χ0v) is 11.8. The van der Waals surface area contributed by atoms with Crippen LogP contribution in [0.1, 0.15) is 52.9 Å². The van der Waals surface area contributed by atoms with Gasteiger partial charge in [-0.15, -0.1) is 6.58 Å². The molecule has 0 aromatic rings. The normalized spacial score (nSPS) is 31.1. The maximum absolute atomic E-state index is 6.18.